The molecule has 0 aliphatic carbocycles. The number of halogens is 2. The highest BCUT2D eigenvalue weighted by Crippen LogP contribution is 2.33. The summed E-state index contributed by atoms with van der Waals surface area (Å²) >= 11 is 0. The van der Waals surface area contributed by atoms with Crippen LogP contribution in [0.15, 0.2) is 23.1 Å². The Morgan fingerprint density at radius 1 is 1.24 bits per heavy atom. The Morgan fingerprint density at radius 3 is 2.56 bits per heavy atom. The summed E-state index contributed by atoms with van der Waals surface area (Å²) in [6, 6.07) is 2.99. The van der Waals surface area contributed by atoms with E-state index in [1.165, 1.54) is 6.07 Å². The largest absolute Gasteiger partial charge is 0.365 e. The van der Waals surface area contributed by atoms with Gasteiger partial charge in [-0.15, -0.1) is 0 Å². The zero-order valence-corrected chi connectivity index (χ0v) is 14.7. The SMILES string of the molecule is CCCN1CCCN(c2ccc(S(=O)(=O)C(F)F)cc2[N+](=O)[O-])CC1. The second-order valence-corrected chi connectivity index (χ2v) is 7.81. The van der Waals surface area contributed by atoms with E-state index in [1.54, 1.807) is 0 Å². The lowest BCUT2D eigenvalue weighted by Crippen LogP contribution is -2.31. The number of nitro benzene ring substituents is 1. The molecule has 0 amide bonds. The fraction of sp³-hybridized carbons (Fsp3) is 0.600. The van der Waals surface area contributed by atoms with Gasteiger partial charge in [0.15, 0.2) is 0 Å². The van der Waals surface area contributed by atoms with Gasteiger partial charge in [-0.25, -0.2) is 8.42 Å². The van der Waals surface area contributed by atoms with E-state index in [9.17, 15) is 27.3 Å². The van der Waals surface area contributed by atoms with E-state index in [0.29, 0.717) is 13.1 Å². The van der Waals surface area contributed by atoms with E-state index in [1.807, 2.05) is 4.90 Å². The molecule has 1 aliphatic rings. The zero-order chi connectivity index (χ0) is 18.6. The van der Waals surface area contributed by atoms with Crippen molar-refractivity contribution in [1.82, 2.24) is 4.90 Å². The van der Waals surface area contributed by atoms with Crippen LogP contribution in [-0.2, 0) is 9.84 Å². The highest BCUT2D eigenvalue weighted by Gasteiger charge is 2.30. The molecule has 1 aromatic rings. The molecule has 1 saturated heterocycles. The minimum Gasteiger partial charge on any atom is -0.365 e. The summed E-state index contributed by atoms with van der Waals surface area (Å²) in [4.78, 5) is 14.0. The van der Waals surface area contributed by atoms with E-state index in [4.69, 9.17) is 0 Å². The van der Waals surface area contributed by atoms with Gasteiger partial charge in [0.2, 0.25) is 9.84 Å². The summed E-state index contributed by atoms with van der Waals surface area (Å²) < 4.78 is 48.5. The molecular weight excluding hydrogens is 356 g/mol. The van der Waals surface area contributed by atoms with Crippen LogP contribution in [0.2, 0.25) is 0 Å². The van der Waals surface area contributed by atoms with Crippen molar-refractivity contribution in [2.75, 3.05) is 37.6 Å². The summed E-state index contributed by atoms with van der Waals surface area (Å²) in [5, 5.41) is 11.4. The van der Waals surface area contributed by atoms with Crippen molar-refractivity contribution in [3.05, 3.63) is 28.3 Å². The number of hydrogen-bond acceptors (Lipinski definition) is 6. The lowest BCUT2D eigenvalue weighted by Gasteiger charge is -2.23. The van der Waals surface area contributed by atoms with Gasteiger partial charge >= 0.3 is 5.76 Å². The molecule has 25 heavy (non-hydrogen) atoms. The maximum absolute atomic E-state index is 12.7. The molecule has 0 atom stereocenters. The van der Waals surface area contributed by atoms with Gasteiger partial charge in [-0.3, -0.25) is 10.1 Å². The van der Waals surface area contributed by atoms with E-state index in [0.717, 1.165) is 44.6 Å². The fourth-order valence-electron chi connectivity index (χ4n) is 2.95. The van der Waals surface area contributed by atoms with Gasteiger partial charge in [0.25, 0.3) is 5.69 Å². The van der Waals surface area contributed by atoms with Crippen LogP contribution in [0.5, 0.6) is 0 Å². The second-order valence-electron chi connectivity index (χ2n) is 5.90. The first-order chi connectivity index (χ1) is 11.8. The number of anilines is 1. The number of nitro groups is 1. The lowest BCUT2D eigenvalue weighted by atomic mass is 10.2. The number of benzene rings is 1. The van der Waals surface area contributed by atoms with Gasteiger partial charge in [0.1, 0.15) is 5.69 Å². The predicted octanol–water partition coefficient (Wildman–Crippen LogP) is 2.51. The number of hydrogen-bond donors (Lipinski definition) is 0. The Kier molecular flexibility index (Phi) is 6.28. The molecule has 0 bridgehead atoms. The predicted molar refractivity (Wildman–Crippen MR) is 89.8 cm³/mol. The van der Waals surface area contributed by atoms with Crippen molar-refractivity contribution in [2.45, 2.75) is 30.4 Å². The molecule has 0 unspecified atom stereocenters. The molecule has 0 aromatic heterocycles. The third-order valence-electron chi connectivity index (χ3n) is 4.18. The van der Waals surface area contributed by atoms with Crippen molar-refractivity contribution in [1.29, 1.82) is 0 Å². The first kappa shape index (κ1) is 19.5. The molecule has 1 fully saturated rings. The number of alkyl halides is 2. The molecule has 1 heterocycles. The van der Waals surface area contributed by atoms with Crippen LogP contribution in [0.1, 0.15) is 19.8 Å². The van der Waals surface area contributed by atoms with E-state index in [-0.39, 0.29) is 5.69 Å². The topological polar surface area (TPSA) is 83.8 Å². The summed E-state index contributed by atoms with van der Waals surface area (Å²) in [5.41, 5.74) is -0.206. The standard InChI is InChI=1S/C15H21F2N3O4S/c1-2-6-18-7-3-8-19(10-9-18)13-5-4-12(11-14(13)20(21)22)25(23,24)15(16)17/h4-5,11,15H,2-3,6-10H2,1H3. The average molecular weight is 377 g/mol. The van der Waals surface area contributed by atoms with E-state index >= 15 is 0 Å². The average Bonchev–Trinajstić information content (AvgIpc) is 2.80. The Balaban J connectivity index is 2.34. The van der Waals surface area contributed by atoms with Gasteiger partial charge in [-0.2, -0.15) is 8.78 Å². The number of sulfone groups is 1. The summed E-state index contributed by atoms with van der Waals surface area (Å²) in [7, 11) is -4.87. The second kappa shape index (κ2) is 8.05. The fourth-order valence-corrected chi connectivity index (χ4v) is 3.69. The normalized spacial score (nSPS) is 16.9. The van der Waals surface area contributed by atoms with Gasteiger partial charge in [-0.1, -0.05) is 6.92 Å². The molecular formula is C15H21F2N3O4S. The minimum atomic E-state index is -4.87. The van der Waals surface area contributed by atoms with Crippen LogP contribution in [0.4, 0.5) is 20.2 Å². The third-order valence-corrected chi connectivity index (χ3v) is 5.56. The molecule has 2 rings (SSSR count). The molecule has 7 nitrogen and oxygen atoms in total. The van der Waals surface area contributed by atoms with Gasteiger partial charge in [-0.05, 0) is 38.1 Å². The van der Waals surface area contributed by atoms with Crippen LogP contribution in [0.3, 0.4) is 0 Å². The molecule has 0 saturated carbocycles. The van der Waals surface area contributed by atoms with Crippen molar-refractivity contribution >= 4 is 21.2 Å². The highest BCUT2D eigenvalue weighted by molar-refractivity contribution is 7.91. The Morgan fingerprint density at radius 2 is 1.96 bits per heavy atom. The van der Waals surface area contributed by atoms with Crippen molar-refractivity contribution in [2.24, 2.45) is 0 Å². The Bertz CT molecular complexity index is 727. The van der Waals surface area contributed by atoms with Crippen molar-refractivity contribution < 1.29 is 22.1 Å². The zero-order valence-electron chi connectivity index (χ0n) is 13.9. The molecule has 1 aliphatic heterocycles. The van der Waals surface area contributed by atoms with Gasteiger partial charge < -0.3 is 9.80 Å². The summed E-state index contributed by atoms with van der Waals surface area (Å²) in [6.45, 7) is 5.79. The molecule has 0 spiro atoms. The monoisotopic (exact) mass is 377 g/mol. The summed E-state index contributed by atoms with van der Waals surface area (Å²) in [6.07, 6.45) is 1.83. The molecule has 10 heteroatoms. The smallest absolute Gasteiger partial charge is 0.341 e. The maximum Gasteiger partial charge on any atom is 0.341 e. The van der Waals surface area contributed by atoms with Gasteiger partial charge in [0, 0.05) is 25.7 Å². The first-order valence-corrected chi connectivity index (χ1v) is 9.59. The quantitative estimate of drug-likeness (QED) is 0.559. The highest BCUT2D eigenvalue weighted by atomic mass is 32.2. The van der Waals surface area contributed by atoms with Crippen LogP contribution in [-0.4, -0.2) is 56.7 Å². The van der Waals surface area contributed by atoms with Crippen molar-refractivity contribution in [3.63, 3.8) is 0 Å². The van der Waals surface area contributed by atoms with Gasteiger partial charge in [0.05, 0.1) is 9.82 Å². The Hall–Kier alpha value is -1.81. The van der Waals surface area contributed by atoms with Crippen LogP contribution < -0.4 is 4.90 Å². The molecule has 140 valence electrons. The minimum absolute atomic E-state index is 0.261. The van der Waals surface area contributed by atoms with E-state index < -0.39 is 31.1 Å². The number of rotatable bonds is 6. The first-order valence-electron chi connectivity index (χ1n) is 8.05. The van der Waals surface area contributed by atoms with Crippen LogP contribution >= 0.6 is 0 Å². The lowest BCUT2D eigenvalue weighted by molar-refractivity contribution is -0.384. The van der Waals surface area contributed by atoms with Crippen molar-refractivity contribution in [3.8, 4) is 0 Å². The third kappa shape index (κ3) is 4.43. The van der Waals surface area contributed by atoms with Crippen LogP contribution in [0, 0.1) is 10.1 Å². The van der Waals surface area contributed by atoms with E-state index in [2.05, 4.69) is 11.8 Å². The van der Waals surface area contributed by atoms with Crippen LogP contribution in [0.25, 0.3) is 0 Å². The summed E-state index contributed by atoms with van der Waals surface area (Å²) in [5.74, 6) is -3.61. The Labute approximate surface area is 145 Å². The number of nitrogens with zero attached hydrogens (tertiary/aromatic N) is 3. The molecule has 1 aromatic carbocycles. The maximum atomic E-state index is 12.7. The molecule has 0 radical (unpaired) electrons. The molecule has 0 N–H and O–H groups in total.